The monoisotopic (exact) mass is 298 g/mol. The number of halogens is 3. The van der Waals surface area contributed by atoms with Crippen molar-refractivity contribution in [3.05, 3.63) is 57.5 Å². The minimum Gasteiger partial charge on any atom is -0.383 e. The Bertz CT molecular complexity index is 647. The summed E-state index contributed by atoms with van der Waals surface area (Å²) in [5, 5.41) is 0.518. The van der Waals surface area contributed by atoms with Crippen molar-refractivity contribution in [2.45, 2.75) is 6.42 Å². The summed E-state index contributed by atoms with van der Waals surface area (Å²) in [6.07, 6.45) is 1.36. The number of benzene rings is 1. The van der Waals surface area contributed by atoms with Crippen LogP contribution in [0.4, 0.5) is 10.2 Å². The number of hydrogen-bond acceptors (Lipinski definition) is 3. The van der Waals surface area contributed by atoms with Crippen LogP contribution in [0.15, 0.2) is 30.5 Å². The lowest BCUT2D eigenvalue weighted by atomic mass is 10.0. The van der Waals surface area contributed by atoms with Gasteiger partial charge in [0.2, 0.25) is 0 Å². The number of carbonyl (C=O) groups is 1. The number of hydrogen-bond donors (Lipinski definition) is 1. The number of pyridine rings is 1. The number of Topliss-reactive ketones (excluding diaryl/α,β-unsaturated/α-hetero) is 1. The van der Waals surface area contributed by atoms with Crippen LogP contribution in [0.25, 0.3) is 0 Å². The zero-order valence-corrected chi connectivity index (χ0v) is 11.2. The molecule has 0 aliphatic heterocycles. The Hall–Kier alpha value is -1.65. The predicted octanol–water partition coefficient (Wildman–Crippen LogP) is 3.54. The fraction of sp³-hybridized carbons (Fsp3) is 0.0769. The van der Waals surface area contributed by atoms with Gasteiger partial charge in [-0.05, 0) is 23.8 Å². The number of nitrogens with two attached hydrogens (primary N) is 1. The molecule has 3 nitrogen and oxygen atoms in total. The second-order valence-electron chi connectivity index (χ2n) is 3.92. The summed E-state index contributed by atoms with van der Waals surface area (Å²) in [6, 6.07) is 5.31. The van der Waals surface area contributed by atoms with Gasteiger partial charge >= 0.3 is 0 Å². The quantitative estimate of drug-likeness (QED) is 0.882. The summed E-state index contributed by atoms with van der Waals surface area (Å²) in [5.74, 6) is -0.626. The SMILES string of the molecule is Nc1ncc(Cl)cc1C(=O)Cc1ccc(F)cc1Cl. The van der Waals surface area contributed by atoms with Gasteiger partial charge in [0, 0.05) is 17.6 Å². The molecular formula is C13H9Cl2FN2O. The van der Waals surface area contributed by atoms with Gasteiger partial charge in [-0.25, -0.2) is 9.37 Å². The molecule has 2 N–H and O–H groups in total. The molecule has 6 heteroatoms. The van der Waals surface area contributed by atoms with E-state index in [9.17, 15) is 9.18 Å². The number of nitrogens with zero attached hydrogens (tertiary/aromatic N) is 1. The van der Waals surface area contributed by atoms with Crippen LogP contribution in [0, 0.1) is 5.82 Å². The highest BCUT2D eigenvalue weighted by molar-refractivity contribution is 6.32. The van der Waals surface area contributed by atoms with Crippen LogP contribution in [0.5, 0.6) is 0 Å². The third kappa shape index (κ3) is 3.22. The first-order valence-corrected chi connectivity index (χ1v) is 6.11. The van der Waals surface area contributed by atoms with Crippen molar-refractivity contribution in [3.8, 4) is 0 Å². The Morgan fingerprint density at radius 1 is 1.32 bits per heavy atom. The molecular weight excluding hydrogens is 290 g/mol. The number of anilines is 1. The van der Waals surface area contributed by atoms with E-state index in [2.05, 4.69) is 4.98 Å². The molecule has 0 aliphatic rings. The number of rotatable bonds is 3. The third-order valence-corrected chi connectivity index (χ3v) is 3.11. The lowest BCUT2D eigenvalue weighted by molar-refractivity contribution is 0.0993. The molecule has 1 aromatic heterocycles. The third-order valence-electron chi connectivity index (χ3n) is 2.55. The highest BCUT2D eigenvalue weighted by Gasteiger charge is 2.14. The van der Waals surface area contributed by atoms with E-state index in [1.165, 1.54) is 24.4 Å². The van der Waals surface area contributed by atoms with E-state index in [1.54, 1.807) is 0 Å². The Morgan fingerprint density at radius 3 is 2.74 bits per heavy atom. The van der Waals surface area contributed by atoms with Gasteiger partial charge in [-0.2, -0.15) is 0 Å². The van der Waals surface area contributed by atoms with Crippen LogP contribution in [-0.4, -0.2) is 10.8 Å². The summed E-state index contributed by atoms with van der Waals surface area (Å²) in [7, 11) is 0. The van der Waals surface area contributed by atoms with Crippen molar-refractivity contribution in [1.82, 2.24) is 4.98 Å². The number of carbonyl (C=O) groups excluding carboxylic acids is 1. The summed E-state index contributed by atoms with van der Waals surface area (Å²) in [4.78, 5) is 15.9. The van der Waals surface area contributed by atoms with Crippen molar-refractivity contribution >= 4 is 34.8 Å². The Morgan fingerprint density at radius 2 is 2.05 bits per heavy atom. The first kappa shape index (κ1) is 13.8. The topological polar surface area (TPSA) is 56.0 Å². The molecule has 1 aromatic carbocycles. The molecule has 98 valence electrons. The summed E-state index contributed by atoms with van der Waals surface area (Å²) in [5.41, 5.74) is 6.37. The van der Waals surface area contributed by atoms with Gasteiger partial charge in [-0.3, -0.25) is 4.79 Å². The highest BCUT2D eigenvalue weighted by Crippen LogP contribution is 2.21. The van der Waals surface area contributed by atoms with Gasteiger partial charge in [0.25, 0.3) is 0 Å². The fourth-order valence-electron chi connectivity index (χ4n) is 1.61. The van der Waals surface area contributed by atoms with E-state index in [4.69, 9.17) is 28.9 Å². The van der Waals surface area contributed by atoms with E-state index < -0.39 is 5.82 Å². The number of ketones is 1. The molecule has 0 spiro atoms. The van der Waals surface area contributed by atoms with Crippen molar-refractivity contribution in [2.75, 3.05) is 5.73 Å². The van der Waals surface area contributed by atoms with Crippen molar-refractivity contribution in [3.63, 3.8) is 0 Å². The van der Waals surface area contributed by atoms with Gasteiger partial charge in [0.05, 0.1) is 10.6 Å². The van der Waals surface area contributed by atoms with E-state index in [1.807, 2.05) is 0 Å². The maximum Gasteiger partial charge on any atom is 0.171 e. The van der Waals surface area contributed by atoms with Crippen LogP contribution in [0.2, 0.25) is 10.0 Å². The molecule has 0 aliphatic carbocycles. The minimum atomic E-state index is -0.454. The number of aromatic nitrogens is 1. The molecule has 2 rings (SSSR count). The van der Waals surface area contributed by atoms with Crippen LogP contribution in [-0.2, 0) is 6.42 Å². The van der Waals surface area contributed by atoms with Gasteiger partial charge in [0.15, 0.2) is 5.78 Å². The minimum absolute atomic E-state index is 0.00529. The molecule has 0 radical (unpaired) electrons. The zero-order chi connectivity index (χ0) is 14.0. The van der Waals surface area contributed by atoms with Gasteiger partial charge in [0.1, 0.15) is 11.6 Å². The molecule has 0 unspecified atom stereocenters. The van der Waals surface area contributed by atoms with E-state index >= 15 is 0 Å². The summed E-state index contributed by atoms with van der Waals surface area (Å²) in [6.45, 7) is 0. The average Bonchev–Trinajstić information content (AvgIpc) is 2.35. The standard InChI is InChI=1S/C13H9Cl2FN2O/c14-8-4-10(13(17)18-6-8)12(19)3-7-1-2-9(16)5-11(7)15/h1-2,4-6H,3H2,(H2,17,18). The Labute approximate surface area is 119 Å². The van der Waals surface area contributed by atoms with Crippen LogP contribution < -0.4 is 5.73 Å². The largest absolute Gasteiger partial charge is 0.383 e. The van der Waals surface area contributed by atoms with Gasteiger partial charge < -0.3 is 5.73 Å². The highest BCUT2D eigenvalue weighted by atomic mass is 35.5. The fourth-order valence-corrected chi connectivity index (χ4v) is 2.00. The van der Waals surface area contributed by atoms with E-state index in [0.717, 1.165) is 6.07 Å². The maximum atomic E-state index is 12.9. The van der Waals surface area contributed by atoms with Crippen LogP contribution in [0.3, 0.4) is 0 Å². The van der Waals surface area contributed by atoms with Gasteiger partial charge in [-0.15, -0.1) is 0 Å². The molecule has 2 aromatic rings. The van der Waals surface area contributed by atoms with Gasteiger partial charge in [-0.1, -0.05) is 29.3 Å². The normalized spacial score (nSPS) is 10.5. The molecule has 0 saturated heterocycles. The average molecular weight is 299 g/mol. The van der Waals surface area contributed by atoms with Crippen LogP contribution >= 0.6 is 23.2 Å². The lowest BCUT2D eigenvalue weighted by Crippen LogP contribution is -2.08. The van der Waals surface area contributed by atoms with Crippen molar-refractivity contribution in [1.29, 1.82) is 0 Å². The molecule has 19 heavy (non-hydrogen) atoms. The van der Waals surface area contributed by atoms with Crippen molar-refractivity contribution < 1.29 is 9.18 Å². The second kappa shape index (κ2) is 5.55. The van der Waals surface area contributed by atoms with E-state index in [-0.39, 0.29) is 28.6 Å². The zero-order valence-electron chi connectivity index (χ0n) is 9.66. The van der Waals surface area contributed by atoms with Crippen molar-refractivity contribution in [2.24, 2.45) is 0 Å². The molecule has 0 atom stereocenters. The second-order valence-corrected chi connectivity index (χ2v) is 4.77. The first-order valence-electron chi connectivity index (χ1n) is 5.35. The van der Waals surface area contributed by atoms with Crippen LogP contribution in [0.1, 0.15) is 15.9 Å². The summed E-state index contributed by atoms with van der Waals surface area (Å²) >= 11 is 11.6. The maximum absolute atomic E-state index is 12.9. The Balaban J connectivity index is 2.28. The number of nitrogen functional groups attached to an aromatic ring is 1. The Kier molecular flexibility index (Phi) is 4.02. The molecule has 0 fully saturated rings. The predicted molar refractivity (Wildman–Crippen MR) is 73.1 cm³/mol. The molecule has 1 heterocycles. The lowest BCUT2D eigenvalue weighted by Gasteiger charge is -2.06. The molecule has 0 saturated carbocycles. The van der Waals surface area contributed by atoms with E-state index in [0.29, 0.717) is 10.6 Å². The smallest absolute Gasteiger partial charge is 0.171 e. The summed E-state index contributed by atoms with van der Waals surface area (Å²) < 4.78 is 12.9. The first-order chi connectivity index (χ1) is 8.97. The molecule has 0 bridgehead atoms. The molecule has 0 amide bonds.